The minimum Gasteiger partial charge on any atom is -0.507 e. The van der Waals surface area contributed by atoms with Crippen LogP contribution < -0.4 is 10.6 Å². The average molecular weight is 380 g/mol. The molecule has 0 saturated carbocycles. The fourth-order valence-corrected chi connectivity index (χ4v) is 3.67. The number of phenols is 1. The van der Waals surface area contributed by atoms with E-state index in [2.05, 4.69) is 10.6 Å². The van der Waals surface area contributed by atoms with E-state index in [0.29, 0.717) is 28.7 Å². The minimum absolute atomic E-state index is 0.104. The highest BCUT2D eigenvalue weighted by Gasteiger charge is 2.25. The van der Waals surface area contributed by atoms with Crippen LogP contribution in [0.15, 0.2) is 29.6 Å². The smallest absolute Gasteiger partial charge is 0.260 e. The Balaban J connectivity index is 1.77. The number of hydrogen-bond acceptors (Lipinski definition) is 5. The van der Waals surface area contributed by atoms with Gasteiger partial charge in [-0.1, -0.05) is 11.6 Å². The largest absolute Gasteiger partial charge is 0.507 e. The Morgan fingerprint density at radius 3 is 2.88 bits per heavy atom. The third kappa shape index (κ3) is 3.95. The molecule has 0 spiro atoms. The molecule has 3 rings (SSSR count). The molecule has 2 amide bonds. The number of halogens is 1. The van der Waals surface area contributed by atoms with E-state index < -0.39 is 5.91 Å². The predicted molar refractivity (Wildman–Crippen MR) is 98.8 cm³/mol. The second-order valence-corrected chi connectivity index (χ2v) is 7.24. The molecular weight excluding hydrogens is 362 g/mol. The van der Waals surface area contributed by atoms with Gasteiger partial charge in [0.2, 0.25) is 0 Å². The van der Waals surface area contributed by atoms with Gasteiger partial charge >= 0.3 is 0 Å². The highest BCUT2D eigenvalue weighted by Crippen LogP contribution is 2.28. The standard InChI is InChI=1S/C17H18ClN3O3S/c1-10-9-21(6-5-19-10)17(24)13-4-7-25-16(13)20-15(23)12-3-2-11(18)8-14(12)22/h2-4,7-8,10,19,22H,5-6,9H2,1H3,(H,20,23). The normalized spacial score (nSPS) is 17.4. The van der Waals surface area contributed by atoms with Crippen LogP contribution in [-0.4, -0.2) is 47.5 Å². The molecule has 2 aromatic rings. The van der Waals surface area contributed by atoms with Crippen LogP contribution in [0.2, 0.25) is 5.02 Å². The summed E-state index contributed by atoms with van der Waals surface area (Å²) in [5, 5.41) is 18.5. The first kappa shape index (κ1) is 17.7. The second-order valence-electron chi connectivity index (χ2n) is 5.89. The van der Waals surface area contributed by atoms with Gasteiger partial charge in [-0.15, -0.1) is 11.3 Å². The molecule has 1 saturated heterocycles. The zero-order valence-corrected chi connectivity index (χ0v) is 15.2. The van der Waals surface area contributed by atoms with Gasteiger partial charge < -0.3 is 20.6 Å². The summed E-state index contributed by atoms with van der Waals surface area (Å²) in [4.78, 5) is 26.9. The van der Waals surface area contributed by atoms with Gasteiger partial charge in [-0.05, 0) is 36.6 Å². The fourth-order valence-electron chi connectivity index (χ4n) is 2.73. The quantitative estimate of drug-likeness (QED) is 0.766. The summed E-state index contributed by atoms with van der Waals surface area (Å²) >= 11 is 7.06. The van der Waals surface area contributed by atoms with Crippen molar-refractivity contribution in [1.82, 2.24) is 10.2 Å². The molecule has 3 N–H and O–H groups in total. The number of nitrogens with zero attached hydrogens (tertiary/aromatic N) is 1. The third-order valence-electron chi connectivity index (χ3n) is 3.98. The third-order valence-corrected chi connectivity index (χ3v) is 5.05. The Hall–Kier alpha value is -2.09. The van der Waals surface area contributed by atoms with Crippen molar-refractivity contribution in [2.75, 3.05) is 25.0 Å². The minimum atomic E-state index is -0.487. The molecule has 1 aliphatic rings. The first-order valence-electron chi connectivity index (χ1n) is 7.85. The molecule has 132 valence electrons. The molecule has 1 aliphatic heterocycles. The zero-order chi connectivity index (χ0) is 18.0. The molecule has 6 nitrogen and oxygen atoms in total. The first-order valence-corrected chi connectivity index (χ1v) is 9.11. The first-order chi connectivity index (χ1) is 12.0. The topological polar surface area (TPSA) is 81.7 Å². The van der Waals surface area contributed by atoms with Gasteiger partial charge in [-0.2, -0.15) is 0 Å². The Bertz CT molecular complexity index is 808. The Labute approximate surface area is 154 Å². The van der Waals surface area contributed by atoms with E-state index in [4.69, 9.17) is 11.6 Å². The Kier molecular flexibility index (Phi) is 5.27. The maximum atomic E-state index is 12.7. The van der Waals surface area contributed by atoms with Crippen molar-refractivity contribution in [2.24, 2.45) is 0 Å². The number of anilines is 1. The van der Waals surface area contributed by atoms with Crippen molar-refractivity contribution in [3.63, 3.8) is 0 Å². The molecule has 25 heavy (non-hydrogen) atoms. The van der Waals surface area contributed by atoms with Crippen LogP contribution in [0.25, 0.3) is 0 Å². The second kappa shape index (κ2) is 7.43. The summed E-state index contributed by atoms with van der Waals surface area (Å²) in [5.41, 5.74) is 0.563. The number of piperazine rings is 1. The van der Waals surface area contributed by atoms with Crippen LogP contribution in [0.3, 0.4) is 0 Å². The fraction of sp³-hybridized carbons (Fsp3) is 0.294. The molecule has 2 heterocycles. The van der Waals surface area contributed by atoms with Crippen molar-refractivity contribution < 1.29 is 14.7 Å². The Morgan fingerprint density at radius 2 is 2.16 bits per heavy atom. The Morgan fingerprint density at radius 1 is 1.36 bits per heavy atom. The van der Waals surface area contributed by atoms with Crippen LogP contribution in [0.4, 0.5) is 5.00 Å². The lowest BCUT2D eigenvalue weighted by molar-refractivity contribution is 0.0710. The number of carbonyl (C=O) groups is 2. The highest BCUT2D eigenvalue weighted by atomic mass is 35.5. The number of phenolic OH excluding ortho intramolecular Hbond substituents is 1. The molecule has 1 aromatic heterocycles. The summed E-state index contributed by atoms with van der Waals surface area (Å²) in [7, 11) is 0. The monoisotopic (exact) mass is 379 g/mol. The van der Waals surface area contributed by atoms with Crippen molar-refractivity contribution in [3.05, 3.63) is 45.8 Å². The van der Waals surface area contributed by atoms with Gasteiger partial charge in [0.05, 0.1) is 11.1 Å². The molecule has 8 heteroatoms. The van der Waals surface area contributed by atoms with Gasteiger partial charge in [0.25, 0.3) is 11.8 Å². The van der Waals surface area contributed by atoms with Crippen LogP contribution in [0, 0.1) is 0 Å². The lowest BCUT2D eigenvalue weighted by atomic mass is 10.1. The maximum Gasteiger partial charge on any atom is 0.260 e. The number of thiophene rings is 1. The SMILES string of the molecule is CC1CN(C(=O)c2ccsc2NC(=O)c2ccc(Cl)cc2O)CCN1. The summed E-state index contributed by atoms with van der Waals surface area (Å²) in [5.74, 6) is -0.796. The predicted octanol–water partition coefficient (Wildman–Crippen LogP) is 2.79. The van der Waals surface area contributed by atoms with E-state index in [1.165, 1.54) is 29.5 Å². The van der Waals surface area contributed by atoms with Gasteiger partial charge in [0, 0.05) is 30.7 Å². The van der Waals surface area contributed by atoms with Crippen molar-refractivity contribution in [2.45, 2.75) is 13.0 Å². The molecule has 0 aliphatic carbocycles. The van der Waals surface area contributed by atoms with Crippen molar-refractivity contribution >= 4 is 39.8 Å². The van der Waals surface area contributed by atoms with Crippen molar-refractivity contribution in [3.8, 4) is 5.75 Å². The lowest BCUT2D eigenvalue weighted by Crippen LogP contribution is -2.51. The number of rotatable bonds is 3. The van der Waals surface area contributed by atoms with E-state index in [9.17, 15) is 14.7 Å². The molecule has 0 bridgehead atoms. The van der Waals surface area contributed by atoms with Gasteiger partial charge in [0.1, 0.15) is 10.8 Å². The van der Waals surface area contributed by atoms with E-state index in [-0.39, 0.29) is 23.3 Å². The average Bonchev–Trinajstić information content (AvgIpc) is 3.02. The maximum absolute atomic E-state index is 12.7. The summed E-state index contributed by atoms with van der Waals surface area (Å²) in [6, 6.07) is 6.22. The summed E-state index contributed by atoms with van der Waals surface area (Å²) in [6.45, 7) is 4.03. The van der Waals surface area contributed by atoms with Crippen LogP contribution in [0.1, 0.15) is 27.6 Å². The zero-order valence-electron chi connectivity index (χ0n) is 13.6. The van der Waals surface area contributed by atoms with Crippen molar-refractivity contribution in [1.29, 1.82) is 0 Å². The number of aromatic hydroxyl groups is 1. The number of hydrogen-bond donors (Lipinski definition) is 3. The number of benzene rings is 1. The summed E-state index contributed by atoms with van der Waals surface area (Å²) < 4.78 is 0. The van der Waals surface area contributed by atoms with Gasteiger partial charge in [0.15, 0.2) is 0 Å². The van der Waals surface area contributed by atoms with E-state index >= 15 is 0 Å². The number of nitrogens with one attached hydrogen (secondary N) is 2. The number of amides is 2. The van der Waals surface area contributed by atoms with Gasteiger partial charge in [-0.25, -0.2) is 0 Å². The molecule has 1 aromatic carbocycles. The highest BCUT2D eigenvalue weighted by molar-refractivity contribution is 7.14. The van der Waals surface area contributed by atoms with Gasteiger partial charge in [-0.3, -0.25) is 9.59 Å². The van der Waals surface area contributed by atoms with Crippen LogP contribution in [-0.2, 0) is 0 Å². The van der Waals surface area contributed by atoms with Crippen LogP contribution in [0.5, 0.6) is 5.75 Å². The molecule has 1 unspecified atom stereocenters. The lowest BCUT2D eigenvalue weighted by Gasteiger charge is -2.32. The summed E-state index contributed by atoms with van der Waals surface area (Å²) in [6.07, 6.45) is 0. The van der Waals surface area contributed by atoms with Crippen LogP contribution >= 0.6 is 22.9 Å². The molecule has 1 fully saturated rings. The van der Waals surface area contributed by atoms with E-state index in [1.54, 1.807) is 16.3 Å². The molecule has 0 radical (unpaired) electrons. The molecular formula is C17H18ClN3O3S. The van der Waals surface area contributed by atoms with E-state index in [0.717, 1.165) is 6.54 Å². The number of carbonyl (C=O) groups excluding carboxylic acids is 2. The molecule has 1 atom stereocenters. The van der Waals surface area contributed by atoms with E-state index in [1.807, 2.05) is 6.92 Å².